The zero-order valence-corrected chi connectivity index (χ0v) is 14.9. The standard InChI is InChI=1S/C19H20N2O5/c1-13-4-7-15(8-5-13)11-20(3)18(22)12-26-19(23)16-9-6-14(2)17(10-16)21(24)25/h4-10H,11-12H2,1-3H3. The molecular weight excluding hydrogens is 336 g/mol. The number of nitrogens with zero attached hydrogens (tertiary/aromatic N) is 2. The Bertz CT molecular complexity index is 830. The number of rotatable bonds is 6. The Morgan fingerprint density at radius 2 is 1.77 bits per heavy atom. The third kappa shape index (κ3) is 4.89. The molecule has 0 radical (unpaired) electrons. The van der Waals surface area contributed by atoms with E-state index in [9.17, 15) is 19.7 Å². The highest BCUT2D eigenvalue weighted by Gasteiger charge is 2.18. The van der Waals surface area contributed by atoms with Crippen LogP contribution in [-0.2, 0) is 16.1 Å². The first-order valence-corrected chi connectivity index (χ1v) is 7.99. The van der Waals surface area contributed by atoms with Gasteiger partial charge in [-0.25, -0.2) is 4.79 Å². The van der Waals surface area contributed by atoms with Crippen LogP contribution >= 0.6 is 0 Å². The molecule has 2 aromatic carbocycles. The van der Waals surface area contributed by atoms with Gasteiger partial charge in [-0.2, -0.15) is 0 Å². The molecule has 7 heteroatoms. The molecule has 2 aromatic rings. The summed E-state index contributed by atoms with van der Waals surface area (Å²) in [5.74, 6) is -1.13. The van der Waals surface area contributed by atoms with E-state index in [1.807, 2.05) is 31.2 Å². The maximum Gasteiger partial charge on any atom is 0.338 e. The van der Waals surface area contributed by atoms with Crippen LogP contribution in [0.1, 0.15) is 27.0 Å². The lowest BCUT2D eigenvalue weighted by Gasteiger charge is -2.17. The molecule has 2 rings (SSSR count). The molecule has 26 heavy (non-hydrogen) atoms. The van der Waals surface area contributed by atoms with Crippen LogP contribution in [0.3, 0.4) is 0 Å². The van der Waals surface area contributed by atoms with Gasteiger partial charge in [-0.1, -0.05) is 35.9 Å². The van der Waals surface area contributed by atoms with Crippen molar-refractivity contribution in [2.24, 2.45) is 0 Å². The Morgan fingerprint density at radius 3 is 2.38 bits per heavy atom. The predicted molar refractivity (Wildman–Crippen MR) is 95.8 cm³/mol. The van der Waals surface area contributed by atoms with E-state index < -0.39 is 17.5 Å². The van der Waals surface area contributed by atoms with Crippen molar-refractivity contribution in [1.29, 1.82) is 0 Å². The van der Waals surface area contributed by atoms with Gasteiger partial charge in [0.05, 0.1) is 10.5 Å². The zero-order chi connectivity index (χ0) is 19.3. The summed E-state index contributed by atoms with van der Waals surface area (Å²) < 4.78 is 4.99. The molecule has 136 valence electrons. The molecule has 0 aliphatic heterocycles. The number of esters is 1. The first kappa shape index (κ1) is 19.1. The molecule has 0 fully saturated rings. The Labute approximate surface area is 151 Å². The average molecular weight is 356 g/mol. The van der Waals surface area contributed by atoms with Crippen molar-refractivity contribution in [3.05, 3.63) is 74.8 Å². The molecular formula is C19H20N2O5. The number of hydrogen-bond acceptors (Lipinski definition) is 5. The van der Waals surface area contributed by atoms with E-state index >= 15 is 0 Å². The van der Waals surface area contributed by atoms with Gasteiger partial charge in [0.15, 0.2) is 6.61 Å². The first-order valence-electron chi connectivity index (χ1n) is 7.99. The van der Waals surface area contributed by atoms with Crippen molar-refractivity contribution in [1.82, 2.24) is 4.90 Å². The fourth-order valence-corrected chi connectivity index (χ4v) is 2.31. The van der Waals surface area contributed by atoms with E-state index in [2.05, 4.69) is 0 Å². The maximum absolute atomic E-state index is 12.1. The molecule has 0 spiro atoms. The third-order valence-electron chi connectivity index (χ3n) is 3.93. The fourth-order valence-electron chi connectivity index (χ4n) is 2.31. The number of benzene rings is 2. The van der Waals surface area contributed by atoms with Gasteiger partial charge < -0.3 is 9.64 Å². The minimum Gasteiger partial charge on any atom is -0.452 e. The van der Waals surface area contributed by atoms with Crippen LogP contribution in [0, 0.1) is 24.0 Å². The topological polar surface area (TPSA) is 89.8 Å². The lowest BCUT2D eigenvalue weighted by Crippen LogP contribution is -2.30. The van der Waals surface area contributed by atoms with Crippen LogP contribution in [0.15, 0.2) is 42.5 Å². The van der Waals surface area contributed by atoms with Crippen LogP contribution < -0.4 is 0 Å². The molecule has 0 heterocycles. The van der Waals surface area contributed by atoms with Crippen LogP contribution in [0.25, 0.3) is 0 Å². The Morgan fingerprint density at radius 1 is 1.12 bits per heavy atom. The second-order valence-corrected chi connectivity index (χ2v) is 6.07. The van der Waals surface area contributed by atoms with E-state index in [0.717, 1.165) is 17.2 Å². The summed E-state index contributed by atoms with van der Waals surface area (Å²) in [5, 5.41) is 10.9. The normalized spacial score (nSPS) is 10.3. The molecule has 0 bridgehead atoms. The summed E-state index contributed by atoms with van der Waals surface area (Å²) in [6, 6.07) is 11.8. The highest BCUT2D eigenvalue weighted by Crippen LogP contribution is 2.19. The quantitative estimate of drug-likeness (QED) is 0.451. The number of likely N-dealkylation sites (N-methyl/N-ethyl adjacent to an activating group) is 1. The van der Waals surface area contributed by atoms with Crippen LogP contribution in [0.5, 0.6) is 0 Å². The number of aryl methyl sites for hydroxylation is 2. The number of carbonyl (C=O) groups is 2. The van der Waals surface area contributed by atoms with Gasteiger partial charge >= 0.3 is 5.97 Å². The summed E-state index contributed by atoms with van der Waals surface area (Å²) in [6.07, 6.45) is 0. The minimum atomic E-state index is -0.773. The number of hydrogen-bond donors (Lipinski definition) is 0. The van der Waals surface area contributed by atoms with Gasteiger partial charge in [-0.3, -0.25) is 14.9 Å². The van der Waals surface area contributed by atoms with Gasteiger partial charge in [0.25, 0.3) is 11.6 Å². The Balaban J connectivity index is 1.93. The molecule has 0 saturated heterocycles. The molecule has 0 atom stereocenters. The maximum atomic E-state index is 12.1. The molecule has 0 aromatic heterocycles. The molecule has 0 saturated carbocycles. The lowest BCUT2D eigenvalue weighted by atomic mass is 10.1. The summed E-state index contributed by atoms with van der Waals surface area (Å²) in [4.78, 5) is 36.0. The third-order valence-corrected chi connectivity index (χ3v) is 3.93. The predicted octanol–water partition coefficient (Wildman–Crippen LogP) is 3.03. The summed E-state index contributed by atoms with van der Waals surface area (Å²) in [6.45, 7) is 3.53. The molecule has 0 unspecified atom stereocenters. The van der Waals surface area contributed by atoms with Gasteiger partial charge in [-0.05, 0) is 25.5 Å². The van der Waals surface area contributed by atoms with Crippen molar-refractivity contribution in [3.8, 4) is 0 Å². The first-order chi connectivity index (χ1) is 12.3. The van der Waals surface area contributed by atoms with Crippen molar-refractivity contribution >= 4 is 17.6 Å². The van der Waals surface area contributed by atoms with Gasteiger partial charge in [-0.15, -0.1) is 0 Å². The van der Waals surface area contributed by atoms with Gasteiger partial charge in [0.1, 0.15) is 0 Å². The Hall–Kier alpha value is -3.22. The highest BCUT2D eigenvalue weighted by molar-refractivity contribution is 5.92. The monoisotopic (exact) mass is 356 g/mol. The summed E-state index contributed by atoms with van der Waals surface area (Å²) in [5.41, 5.74) is 2.41. The number of carbonyl (C=O) groups excluding carboxylic acids is 2. The molecule has 1 amide bonds. The van der Waals surface area contributed by atoms with Crippen molar-refractivity contribution in [2.75, 3.05) is 13.7 Å². The van der Waals surface area contributed by atoms with E-state index in [0.29, 0.717) is 12.1 Å². The lowest BCUT2D eigenvalue weighted by molar-refractivity contribution is -0.385. The summed E-state index contributed by atoms with van der Waals surface area (Å²) >= 11 is 0. The van der Waals surface area contributed by atoms with E-state index in [1.54, 1.807) is 14.0 Å². The van der Waals surface area contributed by atoms with Crippen LogP contribution in [-0.4, -0.2) is 35.4 Å². The minimum absolute atomic E-state index is 0.0382. The molecule has 7 nitrogen and oxygen atoms in total. The highest BCUT2D eigenvalue weighted by atomic mass is 16.6. The number of nitro benzene ring substituents is 1. The van der Waals surface area contributed by atoms with E-state index in [4.69, 9.17) is 4.74 Å². The van der Waals surface area contributed by atoms with E-state index in [-0.39, 0.29) is 17.2 Å². The van der Waals surface area contributed by atoms with Crippen LogP contribution in [0.4, 0.5) is 5.69 Å². The second-order valence-electron chi connectivity index (χ2n) is 6.07. The average Bonchev–Trinajstić information content (AvgIpc) is 2.61. The smallest absolute Gasteiger partial charge is 0.338 e. The number of ether oxygens (including phenoxy) is 1. The summed E-state index contributed by atoms with van der Waals surface area (Å²) in [7, 11) is 1.62. The van der Waals surface area contributed by atoms with Crippen molar-refractivity contribution < 1.29 is 19.2 Å². The SMILES string of the molecule is Cc1ccc(CN(C)C(=O)COC(=O)c2ccc(C)c([N+](=O)[O-])c2)cc1. The number of amides is 1. The molecule has 0 aliphatic carbocycles. The van der Waals surface area contributed by atoms with Gasteiger partial charge in [0.2, 0.25) is 0 Å². The largest absolute Gasteiger partial charge is 0.452 e. The number of nitro groups is 1. The van der Waals surface area contributed by atoms with E-state index in [1.165, 1.54) is 17.0 Å². The van der Waals surface area contributed by atoms with Gasteiger partial charge in [0, 0.05) is 25.2 Å². The van der Waals surface area contributed by atoms with Crippen molar-refractivity contribution in [3.63, 3.8) is 0 Å². The second kappa shape index (κ2) is 8.24. The molecule has 0 N–H and O–H groups in total. The Kier molecular flexibility index (Phi) is 6.06. The molecule has 0 aliphatic rings. The zero-order valence-electron chi connectivity index (χ0n) is 14.9. The van der Waals surface area contributed by atoms with Crippen LogP contribution in [0.2, 0.25) is 0 Å². The fraction of sp³-hybridized carbons (Fsp3) is 0.263. The van der Waals surface area contributed by atoms with Crippen molar-refractivity contribution in [2.45, 2.75) is 20.4 Å².